The first-order chi connectivity index (χ1) is 7.95. The molecular weight excluding hydrogens is 220 g/mol. The van der Waals surface area contributed by atoms with Crippen molar-refractivity contribution in [2.75, 3.05) is 19.4 Å². The number of carbonyl (C=O) groups excluding carboxylic acids is 2. The summed E-state index contributed by atoms with van der Waals surface area (Å²) in [6.45, 7) is 3.33. The van der Waals surface area contributed by atoms with E-state index in [2.05, 4.69) is 10.1 Å². The van der Waals surface area contributed by atoms with E-state index in [1.165, 1.54) is 19.6 Å². The third kappa shape index (κ3) is 8.92. The molecule has 0 aliphatic rings. The van der Waals surface area contributed by atoms with Gasteiger partial charge >= 0.3 is 5.97 Å². The smallest absolute Gasteiger partial charge is 0.325 e. The van der Waals surface area contributed by atoms with Gasteiger partial charge in [0, 0.05) is 12.6 Å². The Morgan fingerprint density at radius 3 is 2.18 bits per heavy atom. The van der Waals surface area contributed by atoms with E-state index in [1.54, 1.807) is 0 Å². The van der Waals surface area contributed by atoms with E-state index in [1.807, 2.05) is 31.2 Å². The summed E-state index contributed by atoms with van der Waals surface area (Å²) in [4.78, 5) is 20.4. The van der Waals surface area contributed by atoms with Gasteiger partial charge in [0.2, 0.25) is 5.91 Å². The molecular formula is C12H18N2O3. The summed E-state index contributed by atoms with van der Waals surface area (Å²) in [7, 11) is 1.27. The Bertz CT molecular complexity index is 340. The Kier molecular flexibility index (Phi) is 7.17. The van der Waals surface area contributed by atoms with Crippen molar-refractivity contribution in [1.29, 1.82) is 0 Å². The van der Waals surface area contributed by atoms with Crippen molar-refractivity contribution in [2.45, 2.75) is 13.8 Å². The van der Waals surface area contributed by atoms with E-state index in [0.717, 1.165) is 5.69 Å². The summed E-state index contributed by atoms with van der Waals surface area (Å²) in [6.07, 6.45) is 0. The first kappa shape index (κ1) is 15.0. The van der Waals surface area contributed by atoms with Gasteiger partial charge in [-0.05, 0) is 19.1 Å². The minimum absolute atomic E-state index is 0.0498. The van der Waals surface area contributed by atoms with Crippen LogP contribution >= 0.6 is 0 Å². The molecule has 94 valence electrons. The average molecular weight is 238 g/mol. The van der Waals surface area contributed by atoms with Crippen LogP contribution in [-0.4, -0.2) is 25.5 Å². The molecule has 0 heterocycles. The van der Waals surface area contributed by atoms with E-state index in [0.29, 0.717) is 0 Å². The minimum Gasteiger partial charge on any atom is -0.468 e. The molecule has 5 nitrogen and oxygen atoms in total. The molecule has 0 fully saturated rings. The van der Waals surface area contributed by atoms with Crippen LogP contribution in [0.15, 0.2) is 24.3 Å². The molecule has 1 aromatic carbocycles. The fraction of sp³-hybridized carbons (Fsp3) is 0.333. The third-order valence-electron chi connectivity index (χ3n) is 1.79. The average Bonchev–Trinajstić information content (AvgIpc) is 2.30. The van der Waals surface area contributed by atoms with Gasteiger partial charge in [0.15, 0.2) is 0 Å². The maximum atomic E-state index is 10.3. The molecule has 1 amide bonds. The Labute approximate surface area is 101 Å². The van der Waals surface area contributed by atoms with Crippen LogP contribution in [0.2, 0.25) is 0 Å². The number of esters is 1. The summed E-state index contributed by atoms with van der Waals surface area (Å²) >= 11 is 0. The van der Waals surface area contributed by atoms with Gasteiger partial charge < -0.3 is 15.8 Å². The zero-order chi connectivity index (χ0) is 13.3. The van der Waals surface area contributed by atoms with Crippen LogP contribution in [0.5, 0.6) is 0 Å². The topological polar surface area (TPSA) is 81.4 Å². The van der Waals surface area contributed by atoms with E-state index < -0.39 is 5.97 Å². The number of anilines is 1. The number of methoxy groups -OCH3 is 1. The van der Waals surface area contributed by atoms with Crippen LogP contribution in [0.4, 0.5) is 5.69 Å². The summed E-state index contributed by atoms with van der Waals surface area (Å²) in [5.74, 6) is -0.675. The highest BCUT2D eigenvalue weighted by atomic mass is 16.5. The van der Waals surface area contributed by atoms with Crippen LogP contribution in [0.3, 0.4) is 0 Å². The molecule has 1 rings (SSSR count). The monoisotopic (exact) mass is 238 g/mol. The number of ether oxygens (including phenoxy) is 1. The lowest BCUT2D eigenvalue weighted by Crippen LogP contribution is -2.27. The van der Waals surface area contributed by atoms with Gasteiger partial charge in [-0.25, -0.2) is 0 Å². The summed E-state index contributed by atoms with van der Waals surface area (Å²) in [5.41, 5.74) is 7.51. The molecule has 0 bridgehead atoms. The molecule has 0 unspecified atom stereocenters. The molecule has 3 N–H and O–H groups in total. The van der Waals surface area contributed by atoms with Crippen LogP contribution in [0.25, 0.3) is 0 Å². The van der Waals surface area contributed by atoms with Gasteiger partial charge in [-0.1, -0.05) is 17.7 Å². The van der Waals surface area contributed by atoms with E-state index >= 15 is 0 Å². The van der Waals surface area contributed by atoms with E-state index in [9.17, 15) is 9.59 Å². The largest absolute Gasteiger partial charge is 0.468 e. The van der Waals surface area contributed by atoms with Crippen molar-refractivity contribution >= 4 is 17.6 Å². The highest BCUT2D eigenvalue weighted by Gasteiger charge is 1.98. The fourth-order valence-electron chi connectivity index (χ4n) is 0.835. The highest BCUT2D eigenvalue weighted by molar-refractivity contribution is 5.80. The molecule has 0 atom stereocenters. The molecule has 0 aromatic heterocycles. The van der Waals surface area contributed by atoms with Crippen LogP contribution in [0.1, 0.15) is 12.5 Å². The molecule has 5 heteroatoms. The lowest BCUT2D eigenvalue weighted by atomic mass is 10.2. The Morgan fingerprint density at radius 1 is 1.29 bits per heavy atom. The zero-order valence-electron chi connectivity index (χ0n) is 10.3. The number of aryl methyl sites for hydroxylation is 1. The fourth-order valence-corrected chi connectivity index (χ4v) is 0.835. The van der Waals surface area contributed by atoms with Crippen LogP contribution in [0, 0.1) is 6.92 Å². The molecule has 0 saturated heterocycles. The number of carbonyl (C=O) groups is 2. The molecule has 0 aliphatic carbocycles. The summed E-state index contributed by atoms with van der Waals surface area (Å²) < 4.78 is 4.25. The van der Waals surface area contributed by atoms with Crippen molar-refractivity contribution in [3.05, 3.63) is 29.8 Å². The number of nitrogens with two attached hydrogens (primary N) is 1. The lowest BCUT2D eigenvalue weighted by Gasteiger charge is -1.97. The van der Waals surface area contributed by atoms with Crippen LogP contribution < -0.4 is 11.1 Å². The molecule has 1 aromatic rings. The van der Waals surface area contributed by atoms with Crippen molar-refractivity contribution in [3.8, 4) is 0 Å². The SMILES string of the molecule is COC(=O)CNC(C)=O.Cc1ccc(N)cc1. The van der Waals surface area contributed by atoms with Gasteiger partial charge in [0.05, 0.1) is 7.11 Å². The number of hydrogen-bond acceptors (Lipinski definition) is 4. The molecule has 0 aliphatic heterocycles. The predicted octanol–water partition coefficient (Wildman–Crippen LogP) is 0.873. The quantitative estimate of drug-likeness (QED) is 0.591. The number of nitrogen functional groups attached to an aromatic ring is 1. The Morgan fingerprint density at radius 2 is 1.82 bits per heavy atom. The number of nitrogens with one attached hydrogen (secondary N) is 1. The first-order valence-corrected chi connectivity index (χ1v) is 5.09. The van der Waals surface area contributed by atoms with Crippen molar-refractivity contribution in [3.63, 3.8) is 0 Å². The van der Waals surface area contributed by atoms with E-state index in [4.69, 9.17) is 5.73 Å². The van der Waals surface area contributed by atoms with Gasteiger partial charge in [-0.2, -0.15) is 0 Å². The standard InChI is InChI=1S/C7H9N.C5H9NO3/c1-6-2-4-7(8)5-3-6;1-4(7)6-3-5(8)9-2/h2-5H,8H2,1H3;3H2,1-2H3,(H,6,7). The van der Waals surface area contributed by atoms with Crippen molar-refractivity contribution < 1.29 is 14.3 Å². The Balaban J connectivity index is 0.000000302. The second-order valence-corrected chi connectivity index (χ2v) is 3.40. The number of amides is 1. The number of rotatable bonds is 2. The first-order valence-electron chi connectivity index (χ1n) is 5.09. The molecule has 17 heavy (non-hydrogen) atoms. The van der Waals surface area contributed by atoms with Crippen molar-refractivity contribution in [1.82, 2.24) is 5.32 Å². The second-order valence-electron chi connectivity index (χ2n) is 3.40. The van der Waals surface area contributed by atoms with Gasteiger partial charge in [-0.15, -0.1) is 0 Å². The normalized spacial score (nSPS) is 8.65. The number of hydrogen-bond donors (Lipinski definition) is 2. The third-order valence-corrected chi connectivity index (χ3v) is 1.79. The van der Waals surface area contributed by atoms with E-state index in [-0.39, 0.29) is 12.5 Å². The predicted molar refractivity (Wildman–Crippen MR) is 66.3 cm³/mol. The second kappa shape index (κ2) is 8.15. The Hall–Kier alpha value is -2.04. The molecule has 0 spiro atoms. The lowest BCUT2D eigenvalue weighted by molar-refractivity contribution is -0.140. The summed E-state index contributed by atoms with van der Waals surface area (Å²) in [6, 6.07) is 7.79. The maximum Gasteiger partial charge on any atom is 0.325 e. The van der Waals surface area contributed by atoms with Crippen LogP contribution in [-0.2, 0) is 14.3 Å². The zero-order valence-corrected chi connectivity index (χ0v) is 10.3. The number of benzene rings is 1. The van der Waals surface area contributed by atoms with Gasteiger partial charge in [0.1, 0.15) is 6.54 Å². The van der Waals surface area contributed by atoms with Crippen molar-refractivity contribution in [2.24, 2.45) is 0 Å². The molecule has 0 radical (unpaired) electrons. The van der Waals surface area contributed by atoms with Gasteiger partial charge in [-0.3, -0.25) is 9.59 Å². The minimum atomic E-state index is -0.440. The molecule has 0 saturated carbocycles. The maximum absolute atomic E-state index is 10.3. The highest BCUT2D eigenvalue weighted by Crippen LogP contribution is 2.02. The van der Waals surface area contributed by atoms with Gasteiger partial charge in [0.25, 0.3) is 0 Å². The summed E-state index contributed by atoms with van der Waals surface area (Å²) in [5, 5.41) is 2.28.